The molecule has 5 heteroatoms. The van der Waals surface area contributed by atoms with Crippen LogP contribution >= 0.6 is 23.2 Å². The van der Waals surface area contributed by atoms with Crippen LogP contribution in [0.4, 0.5) is 0 Å². The van der Waals surface area contributed by atoms with Crippen molar-refractivity contribution >= 4 is 29.1 Å². The molecule has 0 radical (unpaired) electrons. The monoisotopic (exact) mass is 280 g/mol. The minimum atomic E-state index is -0.258. The second-order valence-corrected chi connectivity index (χ2v) is 4.51. The first-order valence-corrected chi connectivity index (χ1v) is 6.04. The van der Waals surface area contributed by atoms with Gasteiger partial charge in [-0.2, -0.15) is 0 Å². The van der Waals surface area contributed by atoms with Crippen molar-refractivity contribution < 1.29 is 4.79 Å². The van der Waals surface area contributed by atoms with Crippen LogP contribution in [0.3, 0.4) is 0 Å². The van der Waals surface area contributed by atoms with Crippen LogP contribution in [-0.2, 0) is 6.54 Å². The molecule has 0 atom stereocenters. The lowest BCUT2D eigenvalue weighted by Crippen LogP contribution is -2.23. The first-order chi connectivity index (χ1) is 8.66. The van der Waals surface area contributed by atoms with Crippen LogP contribution in [0.2, 0.25) is 10.0 Å². The normalized spacial score (nSPS) is 10.1. The number of pyridine rings is 1. The summed E-state index contributed by atoms with van der Waals surface area (Å²) in [7, 11) is 0. The van der Waals surface area contributed by atoms with Crippen molar-refractivity contribution in [1.82, 2.24) is 10.3 Å². The topological polar surface area (TPSA) is 42.0 Å². The quantitative estimate of drug-likeness (QED) is 0.937. The van der Waals surface area contributed by atoms with Gasteiger partial charge in [0.1, 0.15) is 0 Å². The van der Waals surface area contributed by atoms with E-state index in [1.54, 1.807) is 30.6 Å². The van der Waals surface area contributed by atoms with Crippen LogP contribution in [-0.4, -0.2) is 10.9 Å². The Hall–Kier alpha value is -1.58. The highest BCUT2D eigenvalue weighted by Gasteiger charge is 2.10. The number of hydrogen-bond donors (Lipinski definition) is 1. The van der Waals surface area contributed by atoms with Crippen molar-refractivity contribution in [3.8, 4) is 0 Å². The average molecular weight is 281 g/mol. The lowest BCUT2D eigenvalue weighted by molar-refractivity contribution is 0.0951. The van der Waals surface area contributed by atoms with Crippen LogP contribution in [0.25, 0.3) is 0 Å². The summed E-state index contributed by atoms with van der Waals surface area (Å²) in [6.45, 7) is 0.398. The summed E-state index contributed by atoms with van der Waals surface area (Å²) in [6.07, 6.45) is 3.37. The van der Waals surface area contributed by atoms with E-state index in [2.05, 4.69) is 10.3 Å². The maximum absolute atomic E-state index is 11.9. The summed E-state index contributed by atoms with van der Waals surface area (Å²) in [4.78, 5) is 15.9. The van der Waals surface area contributed by atoms with Crippen LogP contribution < -0.4 is 5.32 Å². The van der Waals surface area contributed by atoms with Crippen molar-refractivity contribution in [3.05, 3.63) is 63.9 Å². The molecular formula is C13H10Cl2N2O. The van der Waals surface area contributed by atoms with Crippen molar-refractivity contribution in [1.29, 1.82) is 0 Å². The van der Waals surface area contributed by atoms with Gasteiger partial charge in [0.15, 0.2) is 0 Å². The molecule has 0 aliphatic rings. The molecule has 1 amide bonds. The van der Waals surface area contributed by atoms with E-state index in [0.29, 0.717) is 22.2 Å². The van der Waals surface area contributed by atoms with Crippen molar-refractivity contribution in [2.24, 2.45) is 0 Å². The number of amides is 1. The Morgan fingerprint density at radius 1 is 1.28 bits per heavy atom. The zero-order chi connectivity index (χ0) is 13.0. The Kier molecular flexibility index (Phi) is 4.18. The van der Waals surface area contributed by atoms with E-state index in [4.69, 9.17) is 23.2 Å². The van der Waals surface area contributed by atoms with E-state index in [1.807, 2.05) is 12.1 Å². The van der Waals surface area contributed by atoms with E-state index < -0.39 is 0 Å². The third-order valence-corrected chi connectivity index (χ3v) is 2.91. The molecule has 0 spiro atoms. The second-order valence-electron chi connectivity index (χ2n) is 3.67. The molecular weight excluding hydrogens is 271 g/mol. The molecule has 0 bridgehead atoms. The van der Waals surface area contributed by atoms with Gasteiger partial charge in [0.05, 0.1) is 10.6 Å². The largest absolute Gasteiger partial charge is 0.348 e. The van der Waals surface area contributed by atoms with E-state index in [-0.39, 0.29) is 5.91 Å². The molecule has 1 N–H and O–H groups in total. The number of nitrogens with one attached hydrogen (secondary N) is 1. The molecule has 0 aliphatic carbocycles. The van der Waals surface area contributed by atoms with Gasteiger partial charge in [-0.05, 0) is 29.8 Å². The molecule has 1 heterocycles. The van der Waals surface area contributed by atoms with Crippen LogP contribution in [0.5, 0.6) is 0 Å². The molecule has 0 saturated carbocycles. The molecule has 18 heavy (non-hydrogen) atoms. The van der Waals surface area contributed by atoms with Gasteiger partial charge in [-0.1, -0.05) is 29.3 Å². The predicted octanol–water partition coefficient (Wildman–Crippen LogP) is 3.32. The summed E-state index contributed by atoms with van der Waals surface area (Å²) in [5, 5.41) is 3.62. The molecule has 3 nitrogen and oxygen atoms in total. The highest BCUT2D eigenvalue weighted by molar-refractivity contribution is 6.35. The summed E-state index contributed by atoms with van der Waals surface area (Å²) >= 11 is 11.8. The summed E-state index contributed by atoms with van der Waals surface area (Å²) in [6, 6.07) is 8.48. The molecule has 0 unspecified atom stereocenters. The molecule has 2 aromatic rings. The smallest absolute Gasteiger partial charge is 0.253 e. The Labute approximate surface area is 115 Å². The van der Waals surface area contributed by atoms with Gasteiger partial charge in [-0.15, -0.1) is 0 Å². The maximum atomic E-state index is 11.9. The number of rotatable bonds is 3. The Morgan fingerprint density at radius 2 is 2.11 bits per heavy atom. The Bertz CT molecular complexity index is 558. The molecule has 92 valence electrons. The van der Waals surface area contributed by atoms with Crippen molar-refractivity contribution in [2.45, 2.75) is 6.54 Å². The van der Waals surface area contributed by atoms with Gasteiger partial charge in [-0.25, -0.2) is 0 Å². The summed E-state index contributed by atoms with van der Waals surface area (Å²) < 4.78 is 0. The van der Waals surface area contributed by atoms with Crippen molar-refractivity contribution in [2.75, 3.05) is 0 Å². The van der Waals surface area contributed by atoms with Gasteiger partial charge >= 0.3 is 0 Å². The average Bonchev–Trinajstić information content (AvgIpc) is 2.40. The van der Waals surface area contributed by atoms with Gasteiger partial charge in [0.2, 0.25) is 0 Å². The highest BCUT2D eigenvalue weighted by Crippen LogP contribution is 2.20. The van der Waals surface area contributed by atoms with Gasteiger partial charge < -0.3 is 5.32 Å². The van der Waals surface area contributed by atoms with Crippen LogP contribution in [0.1, 0.15) is 15.9 Å². The highest BCUT2D eigenvalue weighted by atomic mass is 35.5. The summed E-state index contributed by atoms with van der Waals surface area (Å²) in [5.41, 5.74) is 1.29. The maximum Gasteiger partial charge on any atom is 0.253 e. The standard InChI is InChI=1S/C13H10Cl2N2O/c14-10-3-4-12(15)11(6-10)13(18)17-8-9-2-1-5-16-7-9/h1-7H,8H2,(H,17,18). The second kappa shape index (κ2) is 5.85. The molecule has 0 aliphatic heterocycles. The van der Waals surface area contributed by atoms with E-state index in [0.717, 1.165) is 5.56 Å². The number of hydrogen-bond acceptors (Lipinski definition) is 2. The zero-order valence-corrected chi connectivity index (χ0v) is 10.9. The SMILES string of the molecule is O=C(NCc1cccnc1)c1cc(Cl)ccc1Cl. The first kappa shape index (κ1) is 12.9. The predicted molar refractivity (Wildman–Crippen MR) is 71.9 cm³/mol. The zero-order valence-electron chi connectivity index (χ0n) is 9.36. The number of carbonyl (C=O) groups is 1. The number of benzene rings is 1. The lowest BCUT2D eigenvalue weighted by atomic mass is 10.2. The fourth-order valence-corrected chi connectivity index (χ4v) is 1.83. The Morgan fingerprint density at radius 3 is 2.83 bits per heavy atom. The number of nitrogens with zero attached hydrogens (tertiary/aromatic N) is 1. The van der Waals surface area contributed by atoms with E-state index in [1.165, 1.54) is 0 Å². The fourth-order valence-electron chi connectivity index (χ4n) is 1.45. The van der Waals surface area contributed by atoms with Crippen molar-refractivity contribution in [3.63, 3.8) is 0 Å². The number of carbonyl (C=O) groups excluding carboxylic acids is 1. The van der Waals surface area contributed by atoms with E-state index in [9.17, 15) is 4.79 Å². The van der Waals surface area contributed by atoms with Gasteiger partial charge in [0, 0.05) is 24.0 Å². The molecule has 2 rings (SSSR count). The number of halogens is 2. The molecule has 1 aromatic heterocycles. The fraction of sp³-hybridized carbons (Fsp3) is 0.0769. The molecule has 0 fully saturated rings. The van der Waals surface area contributed by atoms with Crippen LogP contribution in [0.15, 0.2) is 42.7 Å². The minimum absolute atomic E-state index is 0.258. The molecule has 0 saturated heterocycles. The van der Waals surface area contributed by atoms with E-state index >= 15 is 0 Å². The third-order valence-electron chi connectivity index (χ3n) is 2.35. The third kappa shape index (κ3) is 3.22. The van der Waals surface area contributed by atoms with Gasteiger partial charge in [-0.3, -0.25) is 9.78 Å². The minimum Gasteiger partial charge on any atom is -0.348 e. The number of aromatic nitrogens is 1. The molecule has 1 aromatic carbocycles. The van der Waals surface area contributed by atoms with Crippen LogP contribution in [0, 0.1) is 0 Å². The van der Waals surface area contributed by atoms with Gasteiger partial charge in [0.25, 0.3) is 5.91 Å². The summed E-state index contributed by atoms with van der Waals surface area (Å²) in [5.74, 6) is -0.258. The Balaban J connectivity index is 2.06. The first-order valence-electron chi connectivity index (χ1n) is 5.29. The lowest BCUT2D eigenvalue weighted by Gasteiger charge is -2.07.